The molecule has 1 saturated heterocycles. The molecule has 1 aromatic rings. The van der Waals surface area contributed by atoms with E-state index in [2.05, 4.69) is 22.2 Å². The molecule has 0 saturated carbocycles. The van der Waals surface area contributed by atoms with E-state index in [9.17, 15) is 0 Å². The fraction of sp³-hybridized carbons (Fsp3) is 0.600. The number of hydrogen-bond donors (Lipinski definition) is 2. The van der Waals surface area contributed by atoms with Crippen molar-refractivity contribution in [3.8, 4) is 0 Å². The Kier molecular flexibility index (Phi) is 3.46. The number of hydrogen-bond acceptors (Lipinski definition) is 5. The summed E-state index contributed by atoms with van der Waals surface area (Å²) in [6, 6.07) is 0. The molecule has 1 aliphatic rings. The van der Waals surface area contributed by atoms with Gasteiger partial charge in [0, 0.05) is 19.1 Å². The lowest BCUT2D eigenvalue weighted by Crippen LogP contribution is -2.21. The van der Waals surface area contributed by atoms with Crippen molar-refractivity contribution in [2.24, 2.45) is 5.92 Å². The van der Waals surface area contributed by atoms with E-state index in [4.69, 9.17) is 22.1 Å². The van der Waals surface area contributed by atoms with E-state index in [0.29, 0.717) is 17.4 Å². The smallest absolute Gasteiger partial charge is 0.157 e. The quantitative estimate of drug-likeness (QED) is 0.787. The maximum absolute atomic E-state index is 5.80. The lowest BCUT2D eigenvalue weighted by atomic mass is 10.0. The summed E-state index contributed by atoms with van der Waals surface area (Å²) in [5, 5.41) is 3.47. The number of aromatic nitrogens is 2. The average Bonchev–Trinajstić information content (AvgIpc) is 2.67. The monoisotopic (exact) mass is 242 g/mol. The van der Waals surface area contributed by atoms with E-state index >= 15 is 0 Å². The van der Waals surface area contributed by atoms with Crippen LogP contribution in [0.15, 0.2) is 6.33 Å². The number of rotatable bonds is 3. The van der Waals surface area contributed by atoms with Gasteiger partial charge in [0.2, 0.25) is 0 Å². The van der Waals surface area contributed by atoms with Gasteiger partial charge >= 0.3 is 0 Å². The molecule has 0 aromatic carbocycles. The summed E-state index contributed by atoms with van der Waals surface area (Å²) in [4.78, 5) is 7.85. The van der Waals surface area contributed by atoms with Gasteiger partial charge in [-0.25, -0.2) is 9.97 Å². The first kappa shape index (κ1) is 11.4. The van der Waals surface area contributed by atoms with Crippen molar-refractivity contribution >= 4 is 23.1 Å². The summed E-state index contributed by atoms with van der Waals surface area (Å²) in [5.41, 5.74) is 6.15. The topological polar surface area (TPSA) is 73.1 Å². The van der Waals surface area contributed by atoms with Crippen LogP contribution in [0, 0.1) is 5.92 Å². The second kappa shape index (κ2) is 4.84. The Balaban J connectivity index is 1.96. The Morgan fingerprint density at radius 3 is 3.12 bits per heavy atom. The number of nitrogens with two attached hydrogens (primary N) is 1. The normalized spacial score (nSPS) is 24.6. The zero-order valence-corrected chi connectivity index (χ0v) is 9.87. The zero-order valence-electron chi connectivity index (χ0n) is 9.11. The minimum atomic E-state index is 0.283. The molecule has 0 aliphatic carbocycles. The van der Waals surface area contributed by atoms with E-state index < -0.39 is 0 Å². The third-order valence-electron chi connectivity index (χ3n) is 2.90. The van der Waals surface area contributed by atoms with Gasteiger partial charge in [0.1, 0.15) is 12.0 Å². The highest BCUT2D eigenvalue weighted by atomic mass is 35.5. The Hall–Kier alpha value is -1.07. The molecule has 1 aliphatic heterocycles. The predicted molar refractivity (Wildman–Crippen MR) is 63.5 cm³/mol. The summed E-state index contributed by atoms with van der Waals surface area (Å²) in [5.74, 6) is 1.09. The fourth-order valence-electron chi connectivity index (χ4n) is 1.79. The Labute approximate surface area is 99.4 Å². The van der Waals surface area contributed by atoms with Crippen LogP contribution in [0.1, 0.15) is 13.3 Å². The first-order valence-electron chi connectivity index (χ1n) is 5.30. The van der Waals surface area contributed by atoms with E-state index in [1.54, 1.807) is 0 Å². The first-order valence-corrected chi connectivity index (χ1v) is 5.67. The SMILES string of the molecule is CC1OCCC1CNc1ncnc(Cl)c1N. The number of nitrogens with zero attached hydrogens (tertiary/aromatic N) is 2. The molecule has 88 valence electrons. The minimum absolute atomic E-state index is 0.283. The van der Waals surface area contributed by atoms with E-state index in [0.717, 1.165) is 19.6 Å². The van der Waals surface area contributed by atoms with E-state index in [1.165, 1.54) is 6.33 Å². The first-order chi connectivity index (χ1) is 7.68. The third kappa shape index (κ3) is 2.36. The van der Waals surface area contributed by atoms with Gasteiger partial charge in [0.05, 0.1) is 6.10 Å². The summed E-state index contributed by atoms with van der Waals surface area (Å²) in [6.45, 7) is 3.70. The van der Waals surface area contributed by atoms with Crippen molar-refractivity contribution in [2.75, 3.05) is 24.2 Å². The van der Waals surface area contributed by atoms with Crippen LogP contribution in [0.3, 0.4) is 0 Å². The molecule has 0 spiro atoms. The van der Waals surface area contributed by atoms with Crippen LogP contribution < -0.4 is 11.1 Å². The molecule has 16 heavy (non-hydrogen) atoms. The molecule has 3 N–H and O–H groups in total. The average molecular weight is 243 g/mol. The second-order valence-electron chi connectivity index (χ2n) is 3.93. The number of anilines is 2. The second-order valence-corrected chi connectivity index (χ2v) is 4.29. The molecule has 1 fully saturated rings. The lowest BCUT2D eigenvalue weighted by Gasteiger charge is -2.15. The van der Waals surface area contributed by atoms with Crippen LogP contribution in [-0.2, 0) is 4.74 Å². The van der Waals surface area contributed by atoms with Gasteiger partial charge in [-0.2, -0.15) is 0 Å². The lowest BCUT2D eigenvalue weighted by molar-refractivity contribution is 0.108. The van der Waals surface area contributed by atoms with Crippen LogP contribution >= 0.6 is 11.6 Å². The van der Waals surface area contributed by atoms with Crippen molar-refractivity contribution in [1.82, 2.24) is 9.97 Å². The maximum atomic E-state index is 5.80. The fourth-order valence-corrected chi connectivity index (χ4v) is 1.92. The molecule has 1 aromatic heterocycles. The number of halogens is 1. The number of ether oxygens (including phenoxy) is 1. The van der Waals surface area contributed by atoms with Crippen LogP contribution in [0.2, 0.25) is 5.15 Å². The van der Waals surface area contributed by atoms with Gasteiger partial charge in [-0.1, -0.05) is 11.6 Å². The Bertz CT molecular complexity index is 374. The number of nitrogen functional groups attached to an aromatic ring is 1. The van der Waals surface area contributed by atoms with Crippen molar-refractivity contribution < 1.29 is 4.74 Å². The summed E-state index contributed by atoms with van der Waals surface area (Å²) in [7, 11) is 0. The van der Waals surface area contributed by atoms with Crippen molar-refractivity contribution in [3.63, 3.8) is 0 Å². The molecular formula is C10H15ClN4O. The largest absolute Gasteiger partial charge is 0.393 e. The molecule has 0 amide bonds. The number of nitrogens with one attached hydrogen (secondary N) is 1. The van der Waals surface area contributed by atoms with Crippen LogP contribution in [-0.4, -0.2) is 29.2 Å². The summed E-state index contributed by atoms with van der Waals surface area (Å²) in [6.07, 6.45) is 2.74. The summed E-state index contributed by atoms with van der Waals surface area (Å²) >= 11 is 5.80. The maximum Gasteiger partial charge on any atom is 0.157 e. The molecular weight excluding hydrogens is 228 g/mol. The molecule has 2 heterocycles. The van der Waals surface area contributed by atoms with Crippen molar-refractivity contribution in [1.29, 1.82) is 0 Å². The van der Waals surface area contributed by atoms with Gasteiger partial charge < -0.3 is 15.8 Å². The molecule has 0 radical (unpaired) electrons. The van der Waals surface area contributed by atoms with Crippen molar-refractivity contribution in [2.45, 2.75) is 19.4 Å². The highest BCUT2D eigenvalue weighted by Crippen LogP contribution is 2.24. The third-order valence-corrected chi connectivity index (χ3v) is 3.20. The Morgan fingerprint density at radius 2 is 2.44 bits per heavy atom. The molecule has 5 nitrogen and oxygen atoms in total. The highest BCUT2D eigenvalue weighted by molar-refractivity contribution is 6.32. The molecule has 2 unspecified atom stereocenters. The van der Waals surface area contributed by atoms with Gasteiger partial charge in [0.25, 0.3) is 0 Å². The van der Waals surface area contributed by atoms with Crippen LogP contribution in [0.5, 0.6) is 0 Å². The van der Waals surface area contributed by atoms with Crippen molar-refractivity contribution in [3.05, 3.63) is 11.5 Å². The van der Waals surface area contributed by atoms with E-state index in [1.807, 2.05) is 0 Å². The predicted octanol–water partition coefficient (Wildman–Crippen LogP) is 1.55. The van der Waals surface area contributed by atoms with Gasteiger partial charge in [-0.05, 0) is 13.3 Å². The molecule has 2 rings (SSSR count). The zero-order chi connectivity index (χ0) is 11.5. The Morgan fingerprint density at radius 1 is 1.62 bits per heavy atom. The highest BCUT2D eigenvalue weighted by Gasteiger charge is 2.24. The molecule has 2 atom stereocenters. The standard InChI is InChI=1S/C10H15ClN4O/c1-6-7(2-3-16-6)4-13-10-8(12)9(11)14-5-15-10/h5-7H,2-4,12H2,1H3,(H,13,14,15). The van der Waals surface area contributed by atoms with Crippen LogP contribution in [0.25, 0.3) is 0 Å². The van der Waals surface area contributed by atoms with Gasteiger partial charge in [0.15, 0.2) is 11.0 Å². The van der Waals surface area contributed by atoms with Gasteiger partial charge in [-0.15, -0.1) is 0 Å². The van der Waals surface area contributed by atoms with Gasteiger partial charge in [-0.3, -0.25) is 0 Å². The van der Waals surface area contributed by atoms with Crippen LogP contribution in [0.4, 0.5) is 11.5 Å². The van der Waals surface area contributed by atoms with E-state index in [-0.39, 0.29) is 11.3 Å². The molecule has 0 bridgehead atoms. The molecule has 6 heteroatoms. The summed E-state index contributed by atoms with van der Waals surface area (Å²) < 4.78 is 5.48. The minimum Gasteiger partial charge on any atom is -0.393 e.